The molecule has 0 unspecified atom stereocenters. The van der Waals surface area contributed by atoms with Crippen molar-refractivity contribution < 1.29 is 4.74 Å². The van der Waals surface area contributed by atoms with Crippen LogP contribution in [0.15, 0.2) is 25.0 Å². The lowest BCUT2D eigenvalue weighted by Crippen LogP contribution is -2.14. The van der Waals surface area contributed by atoms with Crippen LogP contribution in [0.4, 0.5) is 11.5 Å². The predicted octanol–water partition coefficient (Wildman–Crippen LogP) is 1.15. The molecule has 0 atom stereocenters. The number of aromatic nitrogens is 4. The van der Waals surface area contributed by atoms with Crippen molar-refractivity contribution in [3.05, 3.63) is 25.0 Å². The van der Waals surface area contributed by atoms with E-state index in [1.165, 1.54) is 6.33 Å². The average Bonchev–Trinajstić information content (AvgIpc) is 2.86. The Bertz CT molecular complexity index is 511. The Hall–Kier alpha value is -2.31. The molecule has 0 aliphatic carbocycles. The summed E-state index contributed by atoms with van der Waals surface area (Å²) in [5, 5.41) is 3.16. The van der Waals surface area contributed by atoms with Gasteiger partial charge >= 0.3 is 0 Å². The van der Waals surface area contributed by atoms with E-state index in [9.17, 15) is 0 Å². The van der Waals surface area contributed by atoms with Gasteiger partial charge in [0, 0.05) is 25.5 Å². The van der Waals surface area contributed by atoms with Gasteiger partial charge in [-0.2, -0.15) is 4.98 Å². The summed E-state index contributed by atoms with van der Waals surface area (Å²) in [6, 6.07) is 0. The zero-order chi connectivity index (χ0) is 13.7. The molecule has 0 spiro atoms. The number of hydrogen-bond donors (Lipinski definition) is 2. The number of ether oxygens (including phenoxy) is 1. The highest BCUT2D eigenvalue weighted by Crippen LogP contribution is 2.25. The smallest absolute Gasteiger partial charge is 0.242 e. The van der Waals surface area contributed by atoms with Crippen LogP contribution in [-0.2, 0) is 6.54 Å². The van der Waals surface area contributed by atoms with E-state index in [-0.39, 0.29) is 6.10 Å². The second kappa shape index (κ2) is 6.03. The minimum atomic E-state index is 0.0241. The Morgan fingerprint density at radius 2 is 2.26 bits per heavy atom. The fourth-order valence-corrected chi connectivity index (χ4v) is 1.56. The molecule has 7 heteroatoms. The number of rotatable bonds is 6. The van der Waals surface area contributed by atoms with E-state index >= 15 is 0 Å². The van der Waals surface area contributed by atoms with Crippen LogP contribution in [0.1, 0.15) is 13.8 Å². The van der Waals surface area contributed by atoms with Crippen LogP contribution in [0.5, 0.6) is 5.88 Å². The second-order valence-electron chi connectivity index (χ2n) is 4.33. The fourth-order valence-electron chi connectivity index (χ4n) is 1.56. The van der Waals surface area contributed by atoms with Gasteiger partial charge in [-0.05, 0) is 13.8 Å². The van der Waals surface area contributed by atoms with Crippen LogP contribution in [-0.4, -0.2) is 32.2 Å². The van der Waals surface area contributed by atoms with Gasteiger partial charge < -0.3 is 20.4 Å². The number of anilines is 2. The number of imidazole rings is 1. The van der Waals surface area contributed by atoms with E-state index in [1.54, 1.807) is 12.5 Å². The van der Waals surface area contributed by atoms with E-state index in [4.69, 9.17) is 10.5 Å². The first-order chi connectivity index (χ1) is 9.16. The molecule has 102 valence electrons. The lowest BCUT2D eigenvalue weighted by molar-refractivity contribution is 0.234. The van der Waals surface area contributed by atoms with Crippen molar-refractivity contribution in [2.24, 2.45) is 0 Å². The molecule has 0 saturated carbocycles. The molecule has 0 aliphatic heterocycles. The average molecular weight is 262 g/mol. The molecule has 2 rings (SSSR count). The van der Waals surface area contributed by atoms with Gasteiger partial charge in [-0.25, -0.2) is 9.97 Å². The van der Waals surface area contributed by atoms with Gasteiger partial charge in [-0.3, -0.25) is 0 Å². The van der Waals surface area contributed by atoms with Gasteiger partial charge in [0.1, 0.15) is 12.0 Å². The standard InChI is InChI=1S/C12H18N6O/c1-9(2)19-12-10(13)11(16-7-17-12)15-4-6-18-5-3-14-8-18/h3,5,7-9H,4,6,13H2,1-2H3,(H,15,16,17). The Morgan fingerprint density at radius 1 is 1.42 bits per heavy atom. The van der Waals surface area contributed by atoms with Crippen LogP contribution in [0.2, 0.25) is 0 Å². The first kappa shape index (κ1) is 13.1. The third-order valence-corrected chi connectivity index (χ3v) is 2.42. The molecule has 0 amide bonds. The quantitative estimate of drug-likeness (QED) is 0.811. The van der Waals surface area contributed by atoms with Crippen LogP contribution in [0.25, 0.3) is 0 Å². The highest BCUT2D eigenvalue weighted by molar-refractivity contribution is 5.66. The first-order valence-electron chi connectivity index (χ1n) is 6.13. The van der Waals surface area contributed by atoms with E-state index in [0.29, 0.717) is 23.9 Å². The zero-order valence-electron chi connectivity index (χ0n) is 11.1. The topological polar surface area (TPSA) is 90.9 Å². The molecule has 0 radical (unpaired) electrons. The highest BCUT2D eigenvalue weighted by Gasteiger charge is 2.10. The highest BCUT2D eigenvalue weighted by atomic mass is 16.5. The van der Waals surface area contributed by atoms with Gasteiger partial charge in [0.05, 0.1) is 12.4 Å². The van der Waals surface area contributed by atoms with Gasteiger partial charge in [0.2, 0.25) is 5.88 Å². The molecule has 2 heterocycles. The molecule has 7 nitrogen and oxygen atoms in total. The molecule has 0 fully saturated rings. The largest absolute Gasteiger partial charge is 0.473 e. The molecule has 0 bridgehead atoms. The van der Waals surface area contributed by atoms with Gasteiger partial charge in [0.15, 0.2) is 5.82 Å². The lowest BCUT2D eigenvalue weighted by Gasteiger charge is -2.13. The van der Waals surface area contributed by atoms with Crippen molar-refractivity contribution in [1.82, 2.24) is 19.5 Å². The summed E-state index contributed by atoms with van der Waals surface area (Å²) in [5.74, 6) is 1.00. The van der Waals surface area contributed by atoms with E-state index in [1.807, 2.05) is 24.6 Å². The number of nitrogens with one attached hydrogen (secondary N) is 1. The normalized spacial score (nSPS) is 10.7. The Morgan fingerprint density at radius 3 is 2.95 bits per heavy atom. The second-order valence-corrected chi connectivity index (χ2v) is 4.33. The lowest BCUT2D eigenvalue weighted by atomic mass is 10.4. The summed E-state index contributed by atoms with van der Waals surface area (Å²) in [4.78, 5) is 12.1. The minimum Gasteiger partial charge on any atom is -0.473 e. The van der Waals surface area contributed by atoms with E-state index < -0.39 is 0 Å². The predicted molar refractivity (Wildman–Crippen MR) is 72.9 cm³/mol. The van der Waals surface area contributed by atoms with Crippen LogP contribution >= 0.6 is 0 Å². The summed E-state index contributed by atoms with van der Waals surface area (Å²) in [6.45, 7) is 5.32. The summed E-state index contributed by atoms with van der Waals surface area (Å²) < 4.78 is 7.47. The summed E-state index contributed by atoms with van der Waals surface area (Å²) in [5.41, 5.74) is 6.39. The number of nitrogens with zero attached hydrogens (tertiary/aromatic N) is 4. The van der Waals surface area contributed by atoms with Crippen molar-refractivity contribution in [2.45, 2.75) is 26.5 Å². The number of nitrogens with two attached hydrogens (primary N) is 1. The SMILES string of the molecule is CC(C)Oc1ncnc(NCCn2ccnc2)c1N. The van der Waals surface area contributed by atoms with Gasteiger partial charge in [-0.15, -0.1) is 0 Å². The number of nitrogen functional groups attached to an aromatic ring is 1. The van der Waals surface area contributed by atoms with Crippen molar-refractivity contribution in [1.29, 1.82) is 0 Å². The van der Waals surface area contributed by atoms with Crippen molar-refractivity contribution in [2.75, 3.05) is 17.6 Å². The van der Waals surface area contributed by atoms with Crippen molar-refractivity contribution in [3.63, 3.8) is 0 Å². The van der Waals surface area contributed by atoms with Crippen molar-refractivity contribution >= 4 is 11.5 Å². The van der Waals surface area contributed by atoms with E-state index in [2.05, 4.69) is 20.3 Å². The van der Waals surface area contributed by atoms with Crippen LogP contribution in [0, 0.1) is 0 Å². The van der Waals surface area contributed by atoms with Gasteiger partial charge in [0.25, 0.3) is 0 Å². The Balaban J connectivity index is 1.96. The molecular weight excluding hydrogens is 244 g/mol. The Labute approximate surface area is 111 Å². The molecule has 3 N–H and O–H groups in total. The molecule has 2 aromatic rings. The maximum absolute atomic E-state index is 5.96. The fraction of sp³-hybridized carbons (Fsp3) is 0.417. The monoisotopic (exact) mass is 262 g/mol. The Kier molecular flexibility index (Phi) is 4.17. The molecule has 0 aromatic carbocycles. The van der Waals surface area contributed by atoms with E-state index in [0.717, 1.165) is 6.54 Å². The summed E-state index contributed by atoms with van der Waals surface area (Å²) in [7, 11) is 0. The summed E-state index contributed by atoms with van der Waals surface area (Å²) >= 11 is 0. The zero-order valence-corrected chi connectivity index (χ0v) is 11.1. The maximum Gasteiger partial charge on any atom is 0.242 e. The molecule has 2 aromatic heterocycles. The summed E-state index contributed by atoms with van der Waals surface area (Å²) in [6.07, 6.45) is 6.87. The molecule has 0 saturated heterocycles. The molecular formula is C12H18N6O. The third-order valence-electron chi connectivity index (χ3n) is 2.42. The third kappa shape index (κ3) is 3.57. The number of hydrogen-bond acceptors (Lipinski definition) is 6. The first-order valence-corrected chi connectivity index (χ1v) is 6.13. The van der Waals surface area contributed by atoms with Gasteiger partial charge in [-0.1, -0.05) is 0 Å². The van der Waals surface area contributed by atoms with Crippen molar-refractivity contribution in [3.8, 4) is 5.88 Å². The minimum absolute atomic E-state index is 0.0241. The molecule has 0 aliphatic rings. The van der Waals surface area contributed by atoms with Crippen LogP contribution in [0.3, 0.4) is 0 Å². The van der Waals surface area contributed by atoms with Crippen LogP contribution < -0.4 is 15.8 Å². The maximum atomic E-state index is 5.96. The molecule has 19 heavy (non-hydrogen) atoms.